The Labute approximate surface area is 130 Å². The lowest BCUT2D eigenvalue weighted by Gasteiger charge is -2.06. The predicted molar refractivity (Wildman–Crippen MR) is 78.9 cm³/mol. The number of aromatic nitrogens is 3. The number of carbonyl (C=O) groups is 1. The molecule has 0 fully saturated rings. The number of nitrogens with one attached hydrogen (secondary N) is 1. The van der Waals surface area contributed by atoms with E-state index in [1.165, 1.54) is 25.5 Å². The molecule has 2 rings (SSSR count). The second-order valence-electron chi connectivity index (χ2n) is 4.45. The van der Waals surface area contributed by atoms with Gasteiger partial charge in [0.2, 0.25) is 0 Å². The maximum Gasteiger partial charge on any atom is 0.360 e. The molecule has 22 heavy (non-hydrogen) atoms. The Morgan fingerprint density at radius 1 is 1.41 bits per heavy atom. The molecule has 0 aliphatic carbocycles. The summed E-state index contributed by atoms with van der Waals surface area (Å²) in [6, 6.07) is -1.28. The smallest absolute Gasteiger partial charge is 0.360 e. The number of nitrogens with zero attached hydrogens (tertiary/aromatic N) is 3. The van der Waals surface area contributed by atoms with E-state index in [4.69, 9.17) is 4.74 Å². The van der Waals surface area contributed by atoms with Crippen LogP contribution in [0.25, 0.3) is 0 Å². The summed E-state index contributed by atoms with van der Waals surface area (Å²) in [5, 5.41) is 5.28. The molecule has 9 nitrogen and oxygen atoms in total. The average Bonchev–Trinajstić information content (AvgIpc) is 2.91. The van der Waals surface area contributed by atoms with Crippen molar-refractivity contribution in [1.29, 1.82) is 0 Å². The summed E-state index contributed by atoms with van der Waals surface area (Å²) in [7, 11) is -1.47. The minimum absolute atomic E-state index is 0.0294. The number of thiophene rings is 1. The van der Waals surface area contributed by atoms with Gasteiger partial charge in [-0.1, -0.05) is 0 Å². The van der Waals surface area contributed by atoms with Gasteiger partial charge in [0.25, 0.3) is 10.0 Å². The minimum atomic E-state index is -4.09. The van der Waals surface area contributed by atoms with Crippen LogP contribution >= 0.6 is 11.3 Å². The molecular formula is C11H14N4O5S2. The Bertz CT molecular complexity index is 871. The molecule has 1 amide bonds. The third-order valence-electron chi connectivity index (χ3n) is 2.90. The Morgan fingerprint density at radius 3 is 2.50 bits per heavy atom. The zero-order valence-electron chi connectivity index (χ0n) is 12.3. The van der Waals surface area contributed by atoms with E-state index in [-0.39, 0.29) is 10.9 Å². The molecule has 0 aliphatic heterocycles. The number of carbonyl (C=O) groups excluding carboxylic acids is 1. The van der Waals surface area contributed by atoms with E-state index in [9.17, 15) is 18.0 Å². The number of hydrogen-bond donors (Lipinski definition) is 1. The molecule has 120 valence electrons. The lowest BCUT2D eigenvalue weighted by molar-refractivity contribution is 0.243. The molecule has 0 radical (unpaired) electrons. The summed E-state index contributed by atoms with van der Waals surface area (Å²) in [4.78, 5) is 24.4. The van der Waals surface area contributed by atoms with Crippen molar-refractivity contribution in [1.82, 2.24) is 19.1 Å². The summed E-state index contributed by atoms with van der Waals surface area (Å²) in [6.45, 7) is 3.26. The van der Waals surface area contributed by atoms with Gasteiger partial charge in [0.05, 0.1) is 7.11 Å². The fraction of sp³-hybridized carbons (Fsp3) is 0.364. The van der Waals surface area contributed by atoms with E-state index in [0.29, 0.717) is 15.1 Å². The van der Waals surface area contributed by atoms with Gasteiger partial charge in [-0.05, 0) is 24.8 Å². The first-order chi connectivity index (χ1) is 10.2. The van der Waals surface area contributed by atoms with E-state index in [2.05, 4.69) is 5.10 Å². The van der Waals surface area contributed by atoms with Gasteiger partial charge in [0, 0.05) is 11.9 Å². The van der Waals surface area contributed by atoms with Crippen molar-refractivity contribution in [3.05, 3.63) is 26.3 Å². The van der Waals surface area contributed by atoms with Crippen molar-refractivity contribution < 1.29 is 17.9 Å². The third kappa shape index (κ3) is 2.64. The molecular weight excluding hydrogens is 332 g/mol. The molecule has 2 aromatic rings. The third-order valence-corrected chi connectivity index (χ3v) is 5.66. The molecule has 1 N–H and O–H groups in total. The Morgan fingerprint density at radius 2 is 2.05 bits per heavy atom. The lowest BCUT2D eigenvalue weighted by atomic mass is 10.3. The van der Waals surface area contributed by atoms with Crippen molar-refractivity contribution in [3.63, 3.8) is 0 Å². The van der Waals surface area contributed by atoms with Crippen LogP contribution in [-0.4, -0.2) is 35.9 Å². The van der Waals surface area contributed by atoms with Crippen LogP contribution in [0.2, 0.25) is 0 Å². The van der Waals surface area contributed by atoms with Gasteiger partial charge >= 0.3 is 17.7 Å². The fourth-order valence-corrected chi connectivity index (χ4v) is 4.47. The van der Waals surface area contributed by atoms with Crippen molar-refractivity contribution >= 4 is 27.4 Å². The monoisotopic (exact) mass is 346 g/mol. The van der Waals surface area contributed by atoms with Crippen LogP contribution in [0.1, 0.15) is 10.4 Å². The van der Waals surface area contributed by atoms with Crippen LogP contribution in [0.5, 0.6) is 6.01 Å². The molecule has 0 spiro atoms. The molecule has 11 heteroatoms. The zero-order valence-corrected chi connectivity index (χ0v) is 13.9. The van der Waals surface area contributed by atoms with Crippen LogP contribution in [-0.2, 0) is 17.1 Å². The van der Waals surface area contributed by atoms with E-state index in [0.717, 1.165) is 4.57 Å². The molecule has 2 aromatic heterocycles. The quantitative estimate of drug-likeness (QED) is 0.850. The molecule has 0 atom stereocenters. The standard InChI is InChI=1S/C11H14N4O5S2/c1-6-5-21-7(2)8(6)22(18,19)13-9(16)15-11(17)14(3)10(12-15)20-4/h5H,1-4H3,(H,13,16). The summed E-state index contributed by atoms with van der Waals surface area (Å²) in [5.41, 5.74) is -0.294. The maximum atomic E-state index is 12.3. The summed E-state index contributed by atoms with van der Waals surface area (Å²) < 4.78 is 32.6. The minimum Gasteiger partial charge on any atom is -0.467 e. The van der Waals surface area contributed by atoms with Crippen LogP contribution < -0.4 is 15.1 Å². The summed E-state index contributed by atoms with van der Waals surface area (Å²) in [5.74, 6) is 0. The Kier molecular flexibility index (Phi) is 4.11. The number of methoxy groups -OCH3 is 1. The van der Waals surface area contributed by atoms with Gasteiger partial charge in [0.15, 0.2) is 0 Å². The highest BCUT2D eigenvalue weighted by Gasteiger charge is 2.26. The highest BCUT2D eigenvalue weighted by atomic mass is 32.2. The maximum absolute atomic E-state index is 12.3. The topological polar surface area (TPSA) is 112 Å². The summed E-state index contributed by atoms with van der Waals surface area (Å²) >= 11 is 1.26. The molecule has 0 unspecified atom stereocenters. The number of ether oxygens (including phenoxy) is 1. The van der Waals surface area contributed by atoms with Crippen molar-refractivity contribution in [2.45, 2.75) is 18.7 Å². The largest absolute Gasteiger partial charge is 0.467 e. The molecule has 0 saturated heterocycles. The van der Waals surface area contributed by atoms with Crippen molar-refractivity contribution in [3.8, 4) is 6.01 Å². The second kappa shape index (κ2) is 5.57. The number of hydrogen-bond acceptors (Lipinski definition) is 7. The van der Waals surface area contributed by atoms with Crippen LogP contribution in [0.4, 0.5) is 4.79 Å². The van der Waals surface area contributed by atoms with E-state index in [1.807, 2.05) is 4.72 Å². The second-order valence-corrected chi connectivity index (χ2v) is 7.16. The first-order valence-electron chi connectivity index (χ1n) is 6.01. The molecule has 0 bridgehead atoms. The normalized spacial score (nSPS) is 11.5. The molecule has 0 saturated carbocycles. The van der Waals surface area contributed by atoms with Gasteiger partial charge in [0.1, 0.15) is 4.90 Å². The zero-order chi connectivity index (χ0) is 16.7. The molecule has 0 aliphatic rings. The predicted octanol–water partition coefficient (Wildman–Crippen LogP) is 0.215. The van der Waals surface area contributed by atoms with Crippen LogP contribution in [0.15, 0.2) is 15.1 Å². The molecule has 0 aromatic carbocycles. The first kappa shape index (κ1) is 16.2. The number of aryl methyl sites for hydroxylation is 2. The van der Waals surface area contributed by atoms with Crippen molar-refractivity contribution in [2.24, 2.45) is 7.05 Å². The highest BCUT2D eigenvalue weighted by molar-refractivity contribution is 7.90. The lowest BCUT2D eigenvalue weighted by Crippen LogP contribution is -2.40. The van der Waals surface area contributed by atoms with E-state index in [1.54, 1.807) is 19.2 Å². The van der Waals surface area contributed by atoms with Gasteiger partial charge in [-0.25, -0.2) is 27.3 Å². The Hall–Kier alpha value is -2.14. The first-order valence-corrected chi connectivity index (χ1v) is 8.37. The number of rotatable bonds is 3. The van der Waals surface area contributed by atoms with Gasteiger partial charge in [-0.3, -0.25) is 0 Å². The molecule has 2 heterocycles. The van der Waals surface area contributed by atoms with Crippen LogP contribution in [0.3, 0.4) is 0 Å². The van der Waals surface area contributed by atoms with Gasteiger partial charge < -0.3 is 4.74 Å². The van der Waals surface area contributed by atoms with Crippen LogP contribution in [0, 0.1) is 13.8 Å². The van der Waals surface area contributed by atoms with Crippen molar-refractivity contribution in [2.75, 3.05) is 7.11 Å². The van der Waals surface area contributed by atoms with E-state index >= 15 is 0 Å². The summed E-state index contributed by atoms with van der Waals surface area (Å²) in [6.07, 6.45) is 0. The van der Waals surface area contributed by atoms with E-state index < -0.39 is 21.7 Å². The number of sulfonamides is 1. The van der Waals surface area contributed by atoms with Gasteiger partial charge in [-0.2, -0.15) is 0 Å². The number of amides is 1. The SMILES string of the molecule is COc1nn(C(=O)NS(=O)(=O)c2c(C)csc2C)c(=O)n1C. The highest BCUT2D eigenvalue weighted by Crippen LogP contribution is 2.25. The Balaban J connectivity index is 2.39. The van der Waals surface area contributed by atoms with Gasteiger partial charge in [-0.15, -0.1) is 21.1 Å². The fourth-order valence-electron chi connectivity index (χ4n) is 1.90. The average molecular weight is 346 g/mol.